The van der Waals surface area contributed by atoms with E-state index in [1.54, 1.807) is 18.3 Å². The van der Waals surface area contributed by atoms with Crippen LogP contribution in [0.15, 0.2) is 30.1 Å². The first-order chi connectivity index (χ1) is 12.1. The Bertz CT molecular complexity index is 884. The average Bonchev–Trinajstić information content (AvgIpc) is 3.00. The molecule has 2 heterocycles. The molecule has 0 unspecified atom stereocenters. The van der Waals surface area contributed by atoms with Crippen molar-refractivity contribution in [1.82, 2.24) is 4.57 Å². The van der Waals surface area contributed by atoms with Crippen molar-refractivity contribution in [2.75, 3.05) is 7.11 Å². The van der Waals surface area contributed by atoms with Gasteiger partial charge in [-0.05, 0) is 45.9 Å². The minimum atomic E-state index is -1.08. The number of nitrogens with zero attached hydrogens (tertiary/aromatic N) is 1. The van der Waals surface area contributed by atoms with E-state index in [0.717, 1.165) is 5.52 Å². The lowest BCUT2D eigenvalue weighted by atomic mass is 9.86. The molecule has 0 bridgehead atoms. The summed E-state index contributed by atoms with van der Waals surface area (Å²) in [6, 6.07) is 5.30. The van der Waals surface area contributed by atoms with Crippen molar-refractivity contribution in [3.63, 3.8) is 0 Å². The molecule has 1 saturated heterocycles. The van der Waals surface area contributed by atoms with Crippen molar-refractivity contribution in [2.24, 2.45) is 7.05 Å². The molecule has 7 heteroatoms. The van der Waals surface area contributed by atoms with Gasteiger partial charge in [0.2, 0.25) is 0 Å². The third kappa shape index (κ3) is 2.95. The fourth-order valence-corrected chi connectivity index (χ4v) is 3.04. The molecule has 0 saturated carbocycles. The first kappa shape index (κ1) is 18.7. The van der Waals surface area contributed by atoms with E-state index in [2.05, 4.69) is 0 Å². The summed E-state index contributed by atoms with van der Waals surface area (Å²) in [7, 11) is 2.08. The standard InChI is InChI=1S/C19H23BFNO4/c1-18(2)19(3,4)26-20(25-18)15(21)10-12-11-22(5)14-9-7-8-13(16(12)14)17(23)24-6/h7-11H,1-6H3. The number of halogens is 1. The molecule has 1 aromatic heterocycles. The van der Waals surface area contributed by atoms with E-state index in [-0.39, 0.29) is 0 Å². The summed E-state index contributed by atoms with van der Waals surface area (Å²) in [5, 5.41) is 0.633. The van der Waals surface area contributed by atoms with Crippen LogP contribution in [0.5, 0.6) is 0 Å². The van der Waals surface area contributed by atoms with Gasteiger partial charge in [0.1, 0.15) is 5.73 Å². The van der Waals surface area contributed by atoms with Gasteiger partial charge in [0.25, 0.3) is 0 Å². The van der Waals surface area contributed by atoms with Gasteiger partial charge in [-0.25, -0.2) is 9.18 Å². The van der Waals surface area contributed by atoms with Crippen LogP contribution in [0.1, 0.15) is 43.6 Å². The van der Waals surface area contributed by atoms with E-state index < -0.39 is 30.0 Å². The zero-order valence-corrected chi connectivity index (χ0v) is 15.9. The highest BCUT2D eigenvalue weighted by Crippen LogP contribution is 2.39. The molecule has 138 valence electrons. The topological polar surface area (TPSA) is 49.7 Å². The van der Waals surface area contributed by atoms with Gasteiger partial charge in [-0.2, -0.15) is 0 Å². The lowest BCUT2D eigenvalue weighted by Crippen LogP contribution is -2.41. The largest absolute Gasteiger partial charge is 0.525 e. The number of esters is 1. The monoisotopic (exact) mass is 359 g/mol. The molecular weight excluding hydrogens is 336 g/mol. The smallest absolute Gasteiger partial charge is 0.465 e. The summed E-state index contributed by atoms with van der Waals surface area (Å²) < 4.78 is 33.1. The Morgan fingerprint density at radius 3 is 2.42 bits per heavy atom. The van der Waals surface area contributed by atoms with Crippen LogP contribution in [0.4, 0.5) is 4.39 Å². The highest BCUT2D eigenvalue weighted by molar-refractivity contribution is 6.54. The maximum absolute atomic E-state index is 14.9. The first-order valence-electron chi connectivity index (χ1n) is 8.46. The normalized spacial score (nSPS) is 19.2. The van der Waals surface area contributed by atoms with Crippen molar-refractivity contribution in [1.29, 1.82) is 0 Å². The summed E-state index contributed by atoms with van der Waals surface area (Å²) in [6.45, 7) is 7.47. The van der Waals surface area contributed by atoms with Gasteiger partial charge in [0.15, 0.2) is 0 Å². The van der Waals surface area contributed by atoms with Crippen LogP contribution < -0.4 is 0 Å². The number of hydrogen-bond acceptors (Lipinski definition) is 4. The van der Waals surface area contributed by atoms with Gasteiger partial charge in [-0.1, -0.05) is 6.07 Å². The third-order valence-corrected chi connectivity index (χ3v) is 5.22. The SMILES string of the molecule is COC(=O)c1cccc2c1c(C=C(F)B1OC(C)(C)C(C)(C)O1)cn2C. The fraction of sp³-hybridized carbons (Fsp3) is 0.421. The number of carbonyl (C=O) groups is 1. The van der Waals surface area contributed by atoms with Crippen molar-refractivity contribution >= 4 is 30.1 Å². The predicted molar refractivity (Wildman–Crippen MR) is 99.4 cm³/mol. The molecule has 1 fully saturated rings. The predicted octanol–water partition coefficient (Wildman–Crippen LogP) is 3.91. The molecule has 2 aromatic rings. The Morgan fingerprint density at radius 1 is 1.23 bits per heavy atom. The maximum atomic E-state index is 14.9. The minimum absolute atomic E-state index is 0.388. The van der Waals surface area contributed by atoms with Crippen LogP contribution >= 0.6 is 0 Å². The Morgan fingerprint density at radius 2 is 1.85 bits per heavy atom. The summed E-state index contributed by atoms with van der Waals surface area (Å²) >= 11 is 0. The van der Waals surface area contributed by atoms with Crippen molar-refractivity contribution in [3.8, 4) is 0 Å². The van der Waals surface area contributed by atoms with Crippen LogP contribution in [0, 0.1) is 0 Å². The number of aryl methyl sites for hydroxylation is 1. The molecule has 0 N–H and O–H groups in total. The Labute approximate surface area is 152 Å². The third-order valence-electron chi connectivity index (χ3n) is 5.22. The summed E-state index contributed by atoms with van der Waals surface area (Å²) in [5.41, 5.74) is -0.0386. The number of aromatic nitrogens is 1. The lowest BCUT2D eigenvalue weighted by Gasteiger charge is -2.32. The number of fused-ring (bicyclic) bond motifs is 1. The number of carbonyl (C=O) groups excluding carboxylic acids is 1. The van der Waals surface area contributed by atoms with Gasteiger partial charge < -0.3 is 18.6 Å². The van der Waals surface area contributed by atoms with Gasteiger partial charge in [0, 0.05) is 29.7 Å². The van der Waals surface area contributed by atoms with Gasteiger partial charge in [0.05, 0.1) is 23.9 Å². The molecule has 0 spiro atoms. The highest BCUT2D eigenvalue weighted by atomic mass is 19.1. The molecule has 0 amide bonds. The van der Waals surface area contributed by atoms with Crippen molar-refractivity contribution in [3.05, 3.63) is 41.2 Å². The lowest BCUT2D eigenvalue weighted by molar-refractivity contribution is 0.00578. The summed E-state index contributed by atoms with van der Waals surface area (Å²) in [6.07, 6.45) is 3.12. The molecule has 0 atom stereocenters. The van der Waals surface area contributed by atoms with Crippen LogP contribution in [0.3, 0.4) is 0 Å². The summed E-state index contributed by atoms with van der Waals surface area (Å²) in [5.74, 6) is -0.465. The van der Waals surface area contributed by atoms with Gasteiger partial charge in [-0.3, -0.25) is 0 Å². The highest BCUT2D eigenvalue weighted by Gasteiger charge is 2.53. The zero-order chi connectivity index (χ0) is 19.3. The maximum Gasteiger partial charge on any atom is 0.525 e. The number of hydrogen-bond donors (Lipinski definition) is 0. The summed E-state index contributed by atoms with van der Waals surface area (Å²) in [4.78, 5) is 12.1. The molecule has 5 nitrogen and oxygen atoms in total. The number of ether oxygens (including phenoxy) is 1. The Balaban J connectivity index is 2.06. The van der Waals surface area contributed by atoms with Crippen LogP contribution in [0.2, 0.25) is 0 Å². The zero-order valence-electron chi connectivity index (χ0n) is 15.9. The second-order valence-electron chi connectivity index (χ2n) is 7.50. The fourth-order valence-electron chi connectivity index (χ4n) is 3.04. The van der Waals surface area contributed by atoms with E-state index in [0.29, 0.717) is 16.5 Å². The van der Waals surface area contributed by atoms with Crippen LogP contribution in [0.25, 0.3) is 17.0 Å². The molecule has 1 aliphatic heterocycles. The van der Waals surface area contributed by atoms with E-state index in [9.17, 15) is 9.18 Å². The van der Waals surface area contributed by atoms with Crippen molar-refractivity contribution in [2.45, 2.75) is 38.9 Å². The van der Waals surface area contributed by atoms with E-state index in [1.807, 2.05) is 45.4 Å². The molecule has 1 aromatic carbocycles. The quantitative estimate of drug-likeness (QED) is 0.616. The van der Waals surface area contributed by atoms with E-state index in [4.69, 9.17) is 14.0 Å². The van der Waals surface area contributed by atoms with Gasteiger partial charge in [-0.15, -0.1) is 0 Å². The van der Waals surface area contributed by atoms with Gasteiger partial charge >= 0.3 is 13.1 Å². The minimum Gasteiger partial charge on any atom is -0.465 e. The van der Waals surface area contributed by atoms with Crippen LogP contribution in [-0.2, 0) is 21.1 Å². The molecule has 1 aliphatic rings. The average molecular weight is 359 g/mol. The van der Waals surface area contributed by atoms with Crippen LogP contribution in [-0.4, -0.2) is 36.0 Å². The Kier molecular flexibility index (Phi) is 4.49. The van der Waals surface area contributed by atoms with E-state index >= 15 is 0 Å². The number of benzene rings is 1. The first-order valence-corrected chi connectivity index (χ1v) is 8.46. The molecule has 3 rings (SSSR count). The second-order valence-corrected chi connectivity index (χ2v) is 7.50. The van der Waals surface area contributed by atoms with E-state index in [1.165, 1.54) is 13.2 Å². The molecular formula is C19H23BFNO4. The Hall–Kier alpha value is -2.12. The molecule has 26 heavy (non-hydrogen) atoms. The second kappa shape index (κ2) is 6.25. The molecule has 0 aliphatic carbocycles. The number of methoxy groups -OCH3 is 1. The number of rotatable bonds is 3. The molecule has 0 radical (unpaired) electrons. The van der Waals surface area contributed by atoms with Crippen molar-refractivity contribution < 1.29 is 23.2 Å².